The van der Waals surface area contributed by atoms with Gasteiger partial charge in [0.2, 0.25) is 0 Å². The summed E-state index contributed by atoms with van der Waals surface area (Å²) >= 11 is 7.75. The molecule has 0 unspecified atom stereocenters. The van der Waals surface area contributed by atoms with Gasteiger partial charge in [-0.1, -0.05) is 18.5 Å². The Morgan fingerprint density at radius 1 is 1.18 bits per heavy atom. The lowest BCUT2D eigenvalue weighted by Crippen LogP contribution is -2.38. The molecule has 0 saturated carbocycles. The topological polar surface area (TPSA) is 56.0 Å². The van der Waals surface area contributed by atoms with Crippen LogP contribution in [0.25, 0.3) is 0 Å². The molecule has 0 atom stereocenters. The van der Waals surface area contributed by atoms with Crippen molar-refractivity contribution in [3.05, 3.63) is 55.8 Å². The number of aromatic nitrogens is 2. The highest BCUT2D eigenvalue weighted by Crippen LogP contribution is 2.30. The van der Waals surface area contributed by atoms with Crippen LogP contribution in [0.4, 0.5) is 5.69 Å². The van der Waals surface area contributed by atoms with Gasteiger partial charge in [-0.25, -0.2) is 4.79 Å². The fraction of sp³-hybridized carbons (Fsp3) is 0.333. The third-order valence-corrected chi connectivity index (χ3v) is 4.52. The van der Waals surface area contributed by atoms with Gasteiger partial charge in [0.15, 0.2) is 0 Å². The zero-order chi connectivity index (χ0) is 16.3. The van der Waals surface area contributed by atoms with Crippen LogP contribution in [0.2, 0.25) is 5.02 Å². The van der Waals surface area contributed by atoms with Gasteiger partial charge in [-0.05, 0) is 24.0 Å². The van der Waals surface area contributed by atoms with Gasteiger partial charge in [-0.15, -0.1) is 11.8 Å². The van der Waals surface area contributed by atoms with Crippen LogP contribution in [-0.2, 0) is 20.6 Å². The molecule has 0 bridgehead atoms. The van der Waals surface area contributed by atoms with Crippen molar-refractivity contribution in [1.29, 1.82) is 0 Å². The molecule has 5 nitrogen and oxygen atoms in total. The van der Waals surface area contributed by atoms with Gasteiger partial charge in [0.1, 0.15) is 0 Å². The predicted molar refractivity (Wildman–Crippen MR) is 92.1 cm³/mol. The van der Waals surface area contributed by atoms with Gasteiger partial charge < -0.3 is 5.32 Å². The van der Waals surface area contributed by atoms with Gasteiger partial charge in [-0.3, -0.25) is 13.9 Å². The number of anilines is 1. The van der Waals surface area contributed by atoms with E-state index >= 15 is 0 Å². The summed E-state index contributed by atoms with van der Waals surface area (Å²) in [5.74, 6) is 0.945. The highest BCUT2D eigenvalue weighted by molar-refractivity contribution is 7.99. The second-order valence-electron chi connectivity index (χ2n) is 4.80. The van der Waals surface area contributed by atoms with E-state index in [1.54, 1.807) is 18.8 Å². The Morgan fingerprint density at radius 3 is 2.59 bits per heavy atom. The van der Waals surface area contributed by atoms with Crippen molar-refractivity contribution < 1.29 is 0 Å². The van der Waals surface area contributed by atoms with Crippen LogP contribution in [0.15, 0.2) is 38.8 Å². The Kier molecular flexibility index (Phi) is 5.37. The van der Waals surface area contributed by atoms with Crippen molar-refractivity contribution in [3.63, 3.8) is 0 Å². The average molecular weight is 340 g/mol. The number of nitrogens with one attached hydrogen (secondary N) is 1. The molecular weight excluding hydrogens is 322 g/mol. The summed E-state index contributed by atoms with van der Waals surface area (Å²) in [7, 11) is 3.12. The standard InChI is InChI=1S/C15H18ClN3O2S/c1-4-22-13-6-5-10(16)7-12(13)17-9-11-8-14(20)19(3)15(21)18(11)2/h5-8,17H,4,9H2,1-3H3. The molecule has 0 fully saturated rings. The van der Waals surface area contributed by atoms with Gasteiger partial charge in [-0.2, -0.15) is 0 Å². The molecule has 0 aliphatic heterocycles. The highest BCUT2D eigenvalue weighted by atomic mass is 35.5. The van der Waals surface area contributed by atoms with Crippen LogP contribution < -0.4 is 16.6 Å². The van der Waals surface area contributed by atoms with E-state index in [9.17, 15) is 9.59 Å². The van der Waals surface area contributed by atoms with Crippen LogP contribution >= 0.6 is 23.4 Å². The number of thioether (sulfide) groups is 1. The molecule has 0 radical (unpaired) electrons. The summed E-state index contributed by atoms with van der Waals surface area (Å²) in [6.45, 7) is 2.45. The van der Waals surface area contributed by atoms with Crippen molar-refractivity contribution >= 4 is 29.1 Å². The van der Waals surface area contributed by atoms with Crippen molar-refractivity contribution in [2.45, 2.75) is 18.4 Å². The first-order valence-electron chi connectivity index (χ1n) is 6.86. The maximum absolute atomic E-state index is 11.9. The van der Waals surface area contributed by atoms with Crippen molar-refractivity contribution in [1.82, 2.24) is 9.13 Å². The van der Waals surface area contributed by atoms with Crippen LogP contribution in [0, 0.1) is 0 Å². The first kappa shape index (κ1) is 16.7. The second-order valence-corrected chi connectivity index (χ2v) is 6.54. The Balaban J connectivity index is 2.29. The van der Waals surface area contributed by atoms with E-state index in [4.69, 9.17) is 11.6 Å². The Hall–Kier alpha value is -1.66. The molecule has 1 aromatic carbocycles. The zero-order valence-corrected chi connectivity index (χ0v) is 14.3. The lowest BCUT2D eigenvalue weighted by Gasteiger charge is -2.14. The van der Waals surface area contributed by atoms with E-state index in [0.29, 0.717) is 17.3 Å². The number of rotatable bonds is 5. The summed E-state index contributed by atoms with van der Waals surface area (Å²) in [5, 5.41) is 3.90. The quantitative estimate of drug-likeness (QED) is 0.850. The van der Waals surface area contributed by atoms with Crippen LogP contribution in [0.3, 0.4) is 0 Å². The van der Waals surface area contributed by atoms with Crippen LogP contribution in [0.5, 0.6) is 0 Å². The Bertz CT molecular complexity index is 798. The fourth-order valence-electron chi connectivity index (χ4n) is 2.06. The normalized spacial score (nSPS) is 10.7. The lowest BCUT2D eigenvalue weighted by atomic mass is 10.3. The molecule has 7 heteroatoms. The summed E-state index contributed by atoms with van der Waals surface area (Å²) in [6.07, 6.45) is 0. The van der Waals surface area contributed by atoms with Crippen LogP contribution in [-0.4, -0.2) is 14.9 Å². The SMILES string of the molecule is CCSc1ccc(Cl)cc1NCc1cc(=O)n(C)c(=O)n1C. The summed E-state index contributed by atoms with van der Waals surface area (Å²) in [4.78, 5) is 24.7. The summed E-state index contributed by atoms with van der Waals surface area (Å²) in [5.41, 5.74) is 0.876. The van der Waals surface area contributed by atoms with E-state index in [1.807, 2.05) is 18.2 Å². The number of benzene rings is 1. The van der Waals surface area contributed by atoms with Crippen molar-refractivity contribution in [3.8, 4) is 0 Å². The monoisotopic (exact) mass is 339 g/mol. The van der Waals surface area contributed by atoms with E-state index < -0.39 is 0 Å². The third kappa shape index (κ3) is 3.56. The molecule has 2 aromatic rings. The van der Waals surface area contributed by atoms with E-state index in [2.05, 4.69) is 12.2 Å². The van der Waals surface area contributed by atoms with Crippen molar-refractivity contribution in [2.24, 2.45) is 14.1 Å². The number of hydrogen-bond acceptors (Lipinski definition) is 4. The smallest absolute Gasteiger partial charge is 0.330 e. The molecule has 1 heterocycles. The minimum atomic E-state index is -0.335. The first-order valence-corrected chi connectivity index (χ1v) is 8.22. The number of halogens is 1. The zero-order valence-electron chi connectivity index (χ0n) is 12.7. The first-order chi connectivity index (χ1) is 10.4. The third-order valence-electron chi connectivity index (χ3n) is 3.33. The number of hydrogen-bond donors (Lipinski definition) is 1. The molecular formula is C15H18ClN3O2S. The molecule has 22 heavy (non-hydrogen) atoms. The average Bonchev–Trinajstić information content (AvgIpc) is 2.50. The van der Waals surface area contributed by atoms with Gasteiger partial charge in [0, 0.05) is 41.5 Å². The molecule has 0 aliphatic carbocycles. The molecule has 0 saturated heterocycles. The number of nitrogens with zero attached hydrogens (tertiary/aromatic N) is 2. The van der Waals surface area contributed by atoms with Gasteiger partial charge in [0.05, 0.1) is 6.54 Å². The molecule has 0 spiro atoms. The van der Waals surface area contributed by atoms with E-state index in [0.717, 1.165) is 20.9 Å². The maximum Gasteiger partial charge on any atom is 0.330 e. The molecule has 118 valence electrons. The summed E-state index contributed by atoms with van der Waals surface area (Å²) < 4.78 is 2.55. The van der Waals surface area contributed by atoms with E-state index in [-0.39, 0.29) is 11.2 Å². The fourth-order valence-corrected chi connectivity index (χ4v) is 2.99. The van der Waals surface area contributed by atoms with Crippen LogP contribution in [0.1, 0.15) is 12.6 Å². The highest BCUT2D eigenvalue weighted by Gasteiger charge is 2.08. The Morgan fingerprint density at radius 2 is 1.91 bits per heavy atom. The second kappa shape index (κ2) is 7.07. The van der Waals surface area contributed by atoms with Crippen molar-refractivity contribution in [2.75, 3.05) is 11.1 Å². The maximum atomic E-state index is 11.9. The molecule has 0 amide bonds. The molecule has 2 rings (SSSR count). The summed E-state index contributed by atoms with van der Waals surface area (Å²) in [6, 6.07) is 7.12. The molecule has 0 aliphatic rings. The lowest BCUT2D eigenvalue weighted by molar-refractivity contribution is 0.655. The largest absolute Gasteiger partial charge is 0.379 e. The van der Waals surface area contributed by atoms with Gasteiger partial charge in [0.25, 0.3) is 5.56 Å². The molecule has 1 N–H and O–H groups in total. The minimum Gasteiger partial charge on any atom is -0.379 e. The minimum absolute atomic E-state index is 0.311. The van der Waals surface area contributed by atoms with Gasteiger partial charge >= 0.3 is 5.69 Å². The molecule has 1 aromatic heterocycles. The Labute approximate surface area is 137 Å². The predicted octanol–water partition coefficient (Wildman–Crippen LogP) is 2.46. The van der Waals surface area contributed by atoms with E-state index in [1.165, 1.54) is 17.7 Å².